The van der Waals surface area contributed by atoms with E-state index >= 15 is 0 Å². The third-order valence-corrected chi connectivity index (χ3v) is 4.49. The van der Waals surface area contributed by atoms with Crippen LogP contribution in [0.4, 0.5) is 0 Å². The standard InChI is InChI=1S/C26H22O3/c1-19-8-12-21(13-9-19)25-17-16-24(28-2)18-23(25)7-5-4-6-20-10-14-22(15-11-20)26(27)29-3/h5,7-18H,1-3H3/b7-5+. The molecule has 0 heterocycles. The van der Waals surface area contributed by atoms with Gasteiger partial charge in [-0.15, -0.1) is 0 Å². The molecule has 0 fully saturated rings. The molecule has 0 atom stereocenters. The summed E-state index contributed by atoms with van der Waals surface area (Å²) < 4.78 is 10.1. The summed E-state index contributed by atoms with van der Waals surface area (Å²) >= 11 is 0. The van der Waals surface area contributed by atoms with Crippen LogP contribution in [0.3, 0.4) is 0 Å². The highest BCUT2D eigenvalue weighted by molar-refractivity contribution is 5.89. The van der Waals surface area contributed by atoms with Crippen molar-refractivity contribution in [3.8, 4) is 28.7 Å². The third-order valence-electron chi connectivity index (χ3n) is 4.49. The van der Waals surface area contributed by atoms with Crippen molar-refractivity contribution in [1.82, 2.24) is 0 Å². The average Bonchev–Trinajstić information content (AvgIpc) is 2.77. The van der Waals surface area contributed by atoms with Gasteiger partial charge in [0.25, 0.3) is 0 Å². The average molecular weight is 382 g/mol. The summed E-state index contributed by atoms with van der Waals surface area (Å²) in [5.74, 6) is 6.57. The van der Waals surface area contributed by atoms with Crippen LogP contribution in [0, 0.1) is 18.8 Å². The molecule has 0 aliphatic heterocycles. The highest BCUT2D eigenvalue weighted by atomic mass is 16.5. The molecule has 0 spiro atoms. The van der Waals surface area contributed by atoms with E-state index in [1.165, 1.54) is 12.7 Å². The Hall–Kier alpha value is -3.77. The van der Waals surface area contributed by atoms with Crippen LogP contribution in [0.1, 0.15) is 27.0 Å². The highest BCUT2D eigenvalue weighted by Crippen LogP contribution is 2.28. The van der Waals surface area contributed by atoms with Crippen LogP contribution >= 0.6 is 0 Å². The van der Waals surface area contributed by atoms with Crippen LogP contribution in [0.15, 0.2) is 72.8 Å². The van der Waals surface area contributed by atoms with Gasteiger partial charge in [0, 0.05) is 5.56 Å². The Balaban J connectivity index is 1.84. The quantitative estimate of drug-likeness (QED) is 0.440. The summed E-state index contributed by atoms with van der Waals surface area (Å²) in [6, 6.07) is 21.5. The lowest BCUT2D eigenvalue weighted by atomic mass is 9.98. The molecule has 0 saturated carbocycles. The number of methoxy groups -OCH3 is 2. The molecule has 0 amide bonds. The first-order valence-electron chi connectivity index (χ1n) is 9.22. The van der Waals surface area contributed by atoms with E-state index in [0.717, 1.165) is 28.0 Å². The second kappa shape index (κ2) is 9.43. The van der Waals surface area contributed by atoms with Crippen molar-refractivity contribution in [3.63, 3.8) is 0 Å². The van der Waals surface area contributed by atoms with Crippen molar-refractivity contribution in [2.45, 2.75) is 6.92 Å². The van der Waals surface area contributed by atoms with Gasteiger partial charge in [-0.3, -0.25) is 0 Å². The molecule has 3 rings (SSSR count). The zero-order chi connectivity index (χ0) is 20.6. The number of benzene rings is 3. The van der Waals surface area contributed by atoms with Crippen molar-refractivity contribution in [2.24, 2.45) is 0 Å². The van der Waals surface area contributed by atoms with E-state index in [1.807, 2.05) is 24.3 Å². The molecule has 3 aromatic carbocycles. The van der Waals surface area contributed by atoms with Gasteiger partial charge in [-0.25, -0.2) is 4.79 Å². The molecular weight excluding hydrogens is 360 g/mol. The number of rotatable bonds is 4. The van der Waals surface area contributed by atoms with Gasteiger partial charge < -0.3 is 9.47 Å². The Kier molecular flexibility index (Phi) is 6.50. The van der Waals surface area contributed by atoms with E-state index in [2.05, 4.69) is 49.1 Å². The monoisotopic (exact) mass is 382 g/mol. The van der Waals surface area contributed by atoms with Crippen LogP contribution < -0.4 is 4.74 Å². The number of carbonyl (C=O) groups is 1. The molecular formula is C26H22O3. The number of aryl methyl sites for hydroxylation is 1. The zero-order valence-corrected chi connectivity index (χ0v) is 16.7. The fourth-order valence-corrected chi connectivity index (χ4v) is 2.87. The van der Waals surface area contributed by atoms with Crippen molar-refractivity contribution in [1.29, 1.82) is 0 Å². The molecule has 144 valence electrons. The molecule has 0 aliphatic carbocycles. The summed E-state index contributed by atoms with van der Waals surface area (Å²) in [4.78, 5) is 11.5. The Morgan fingerprint density at radius 3 is 2.31 bits per heavy atom. The molecule has 0 saturated heterocycles. The van der Waals surface area contributed by atoms with Gasteiger partial charge >= 0.3 is 5.97 Å². The van der Waals surface area contributed by atoms with Crippen molar-refractivity contribution in [2.75, 3.05) is 14.2 Å². The minimum atomic E-state index is -0.355. The Labute approximate surface area is 171 Å². The predicted molar refractivity (Wildman–Crippen MR) is 117 cm³/mol. The topological polar surface area (TPSA) is 35.5 Å². The Morgan fingerprint density at radius 2 is 1.66 bits per heavy atom. The molecule has 0 aromatic heterocycles. The van der Waals surface area contributed by atoms with Gasteiger partial charge in [-0.1, -0.05) is 47.7 Å². The van der Waals surface area contributed by atoms with Gasteiger partial charge in [-0.05, 0) is 72.2 Å². The van der Waals surface area contributed by atoms with E-state index in [1.54, 1.807) is 31.4 Å². The third kappa shape index (κ3) is 5.15. The lowest BCUT2D eigenvalue weighted by molar-refractivity contribution is 0.0600. The molecule has 0 aliphatic rings. The smallest absolute Gasteiger partial charge is 0.337 e. The van der Waals surface area contributed by atoms with E-state index in [0.29, 0.717) is 5.56 Å². The Morgan fingerprint density at radius 1 is 0.931 bits per heavy atom. The SMILES string of the molecule is COC(=O)c1ccc(C#C/C=C/c2cc(OC)ccc2-c2ccc(C)cc2)cc1. The number of hydrogen-bond donors (Lipinski definition) is 0. The van der Waals surface area contributed by atoms with Crippen LogP contribution in [-0.4, -0.2) is 20.2 Å². The fraction of sp³-hybridized carbons (Fsp3) is 0.115. The summed E-state index contributed by atoms with van der Waals surface area (Å²) in [6.45, 7) is 2.08. The predicted octanol–water partition coefficient (Wildman–Crippen LogP) is 5.52. The molecule has 3 heteroatoms. The van der Waals surface area contributed by atoms with Gasteiger partial charge in [-0.2, -0.15) is 0 Å². The van der Waals surface area contributed by atoms with Crippen molar-refractivity contribution >= 4 is 12.0 Å². The summed E-state index contributed by atoms with van der Waals surface area (Å²) in [6.07, 6.45) is 3.80. The second-order valence-corrected chi connectivity index (χ2v) is 6.49. The number of allylic oxidation sites excluding steroid dienone is 1. The van der Waals surface area contributed by atoms with Crippen molar-refractivity contribution in [3.05, 3.63) is 95.1 Å². The van der Waals surface area contributed by atoms with E-state index in [9.17, 15) is 4.79 Å². The first-order valence-corrected chi connectivity index (χ1v) is 9.22. The molecule has 29 heavy (non-hydrogen) atoms. The first kappa shape index (κ1) is 20.0. The molecule has 0 bridgehead atoms. The number of ether oxygens (including phenoxy) is 2. The first-order chi connectivity index (χ1) is 14.1. The number of hydrogen-bond acceptors (Lipinski definition) is 3. The lowest BCUT2D eigenvalue weighted by Gasteiger charge is -2.09. The maximum absolute atomic E-state index is 11.5. The minimum Gasteiger partial charge on any atom is -0.497 e. The van der Waals surface area contributed by atoms with Crippen LogP contribution in [0.25, 0.3) is 17.2 Å². The molecule has 3 aromatic rings. The van der Waals surface area contributed by atoms with Gasteiger partial charge in [0.05, 0.1) is 19.8 Å². The molecule has 0 radical (unpaired) electrons. The maximum Gasteiger partial charge on any atom is 0.337 e. The minimum absolute atomic E-state index is 0.355. The van der Waals surface area contributed by atoms with Gasteiger partial charge in [0.1, 0.15) is 5.75 Å². The second-order valence-electron chi connectivity index (χ2n) is 6.49. The van der Waals surface area contributed by atoms with Crippen LogP contribution in [-0.2, 0) is 4.74 Å². The zero-order valence-electron chi connectivity index (χ0n) is 16.7. The van der Waals surface area contributed by atoms with E-state index < -0.39 is 0 Å². The van der Waals surface area contributed by atoms with E-state index in [4.69, 9.17) is 9.47 Å². The largest absolute Gasteiger partial charge is 0.497 e. The van der Waals surface area contributed by atoms with Crippen LogP contribution in [0.2, 0.25) is 0 Å². The summed E-state index contributed by atoms with van der Waals surface area (Å²) in [5, 5.41) is 0. The number of esters is 1. The molecule has 0 N–H and O–H groups in total. The normalized spacial score (nSPS) is 10.3. The molecule has 0 unspecified atom stereocenters. The fourth-order valence-electron chi connectivity index (χ4n) is 2.87. The van der Waals surface area contributed by atoms with Gasteiger partial charge in [0.2, 0.25) is 0 Å². The maximum atomic E-state index is 11.5. The van der Waals surface area contributed by atoms with Gasteiger partial charge in [0.15, 0.2) is 0 Å². The highest BCUT2D eigenvalue weighted by Gasteiger charge is 2.05. The summed E-state index contributed by atoms with van der Waals surface area (Å²) in [5.41, 5.74) is 5.85. The lowest BCUT2D eigenvalue weighted by Crippen LogP contribution is -2.00. The number of carbonyl (C=O) groups excluding carboxylic acids is 1. The Bertz CT molecular complexity index is 1080. The van der Waals surface area contributed by atoms with E-state index in [-0.39, 0.29) is 5.97 Å². The van der Waals surface area contributed by atoms with Crippen LogP contribution in [0.5, 0.6) is 5.75 Å². The summed E-state index contributed by atoms with van der Waals surface area (Å²) in [7, 11) is 3.02. The van der Waals surface area contributed by atoms with Crippen molar-refractivity contribution < 1.29 is 14.3 Å². The molecule has 3 nitrogen and oxygen atoms in total.